The van der Waals surface area contributed by atoms with Crippen LogP contribution in [0.1, 0.15) is 17.2 Å². The molecule has 1 saturated heterocycles. The van der Waals surface area contributed by atoms with Crippen LogP contribution in [0.5, 0.6) is 17.2 Å². The zero-order chi connectivity index (χ0) is 19.8. The predicted molar refractivity (Wildman–Crippen MR) is 109 cm³/mol. The number of methoxy groups -OCH3 is 3. The maximum absolute atomic E-state index is 5.54. The van der Waals surface area contributed by atoms with Crippen molar-refractivity contribution >= 4 is 0 Å². The summed E-state index contributed by atoms with van der Waals surface area (Å²) in [5, 5.41) is 3.60. The minimum absolute atomic E-state index is 0.287. The molecule has 0 aromatic heterocycles. The third-order valence-electron chi connectivity index (χ3n) is 5.10. The standard InChI is InChI=1S/C22H30N2O4/c1-25-19-7-5-18(6-8-19)20(24-10-12-28-13-11-24)16-23-15-17-4-9-21(26-2)22(14-17)27-3/h4-9,14,20,23H,10-13,15-16H2,1-3H3. The SMILES string of the molecule is COc1ccc(C(CNCc2ccc(OC)c(OC)c2)N2CCOCC2)cc1. The van der Waals surface area contributed by atoms with Gasteiger partial charge in [-0.2, -0.15) is 0 Å². The number of ether oxygens (including phenoxy) is 4. The van der Waals surface area contributed by atoms with Crippen LogP contribution in [0.2, 0.25) is 0 Å². The highest BCUT2D eigenvalue weighted by atomic mass is 16.5. The van der Waals surface area contributed by atoms with E-state index in [1.807, 2.05) is 24.3 Å². The third-order valence-corrected chi connectivity index (χ3v) is 5.10. The number of rotatable bonds is 9. The van der Waals surface area contributed by atoms with Gasteiger partial charge in [0, 0.05) is 32.2 Å². The summed E-state index contributed by atoms with van der Waals surface area (Å²) < 4.78 is 21.6. The number of hydrogen-bond acceptors (Lipinski definition) is 6. The summed E-state index contributed by atoms with van der Waals surface area (Å²) in [6, 6.07) is 14.7. The van der Waals surface area contributed by atoms with Gasteiger partial charge in [0.25, 0.3) is 0 Å². The van der Waals surface area contributed by atoms with Crippen LogP contribution in [0.3, 0.4) is 0 Å². The minimum Gasteiger partial charge on any atom is -0.497 e. The van der Waals surface area contributed by atoms with E-state index in [1.165, 1.54) is 5.56 Å². The average Bonchev–Trinajstić information content (AvgIpc) is 2.77. The van der Waals surface area contributed by atoms with E-state index in [0.29, 0.717) is 0 Å². The van der Waals surface area contributed by atoms with Crippen molar-refractivity contribution in [2.24, 2.45) is 0 Å². The van der Waals surface area contributed by atoms with Gasteiger partial charge in [0.05, 0.1) is 34.5 Å². The zero-order valence-electron chi connectivity index (χ0n) is 16.9. The first-order chi connectivity index (χ1) is 13.7. The second kappa shape index (κ2) is 10.3. The second-order valence-electron chi connectivity index (χ2n) is 6.76. The molecule has 1 N–H and O–H groups in total. The molecule has 0 aliphatic carbocycles. The first kappa shape index (κ1) is 20.5. The van der Waals surface area contributed by atoms with Crippen LogP contribution in [0, 0.1) is 0 Å². The van der Waals surface area contributed by atoms with Gasteiger partial charge >= 0.3 is 0 Å². The van der Waals surface area contributed by atoms with Crippen molar-refractivity contribution in [2.75, 3.05) is 54.2 Å². The Labute approximate surface area is 167 Å². The lowest BCUT2D eigenvalue weighted by Gasteiger charge is -2.35. The third kappa shape index (κ3) is 5.16. The van der Waals surface area contributed by atoms with Gasteiger partial charge in [0.2, 0.25) is 0 Å². The molecule has 1 unspecified atom stereocenters. The van der Waals surface area contributed by atoms with E-state index in [-0.39, 0.29) is 6.04 Å². The Morgan fingerprint density at radius 3 is 2.29 bits per heavy atom. The summed E-state index contributed by atoms with van der Waals surface area (Å²) in [6.45, 7) is 5.05. The molecule has 0 saturated carbocycles. The van der Waals surface area contributed by atoms with Crippen molar-refractivity contribution in [3.05, 3.63) is 53.6 Å². The van der Waals surface area contributed by atoms with E-state index < -0.39 is 0 Å². The zero-order valence-corrected chi connectivity index (χ0v) is 16.9. The highest BCUT2D eigenvalue weighted by Crippen LogP contribution is 2.28. The van der Waals surface area contributed by atoms with Gasteiger partial charge in [-0.15, -0.1) is 0 Å². The fourth-order valence-electron chi connectivity index (χ4n) is 3.52. The highest BCUT2D eigenvalue weighted by Gasteiger charge is 2.22. The van der Waals surface area contributed by atoms with Crippen LogP contribution >= 0.6 is 0 Å². The van der Waals surface area contributed by atoms with Crippen molar-refractivity contribution in [2.45, 2.75) is 12.6 Å². The smallest absolute Gasteiger partial charge is 0.161 e. The highest BCUT2D eigenvalue weighted by molar-refractivity contribution is 5.42. The minimum atomic E-state index is 0.287. The molecule has 1 fully saturated rings. The molecular weight excluding hydrogens is 356 g/mol. The normalized spacial score (nSPS) is 15.8. The Balaban J connectivity index is 1.67. The maximum atomic E-state index is 5.54. The summed E-state index contributed by atoms with van der Waals surface area (Å²) in [4.78, 5) is 2.48. The van der Waals surface area contributed by atoms with Crippen LogP contribution in [-0.2, 0) is 11.3 Å². The Kier molecular flexibility index (Phi) is 7.54. The molecule has 1 aliphatic heterocycles. The first-order valence-electron chi connectivity index (χ1n) is 9.62. The van der Waals surface area contributed by atoms with E-state index in [1.54, 1.807) is 21.3 Å². The molecule has 0 radical (unpaired) electrons. The Hall–Kier alpha value is -2.28. The molecular formula is C22H30N2O4. The summed E-state index contributed by atoms with van der Waals surface area (Å²) in [7, 11) is 5.00. The van der Waals surface area contributed by atoms with Crippen molar-refractivity contribution in [3.63, 3.8) is 0 Å². The number of hydrogen-bond donors (Lipinski definition) is 1. The Morgan fingerprint density at radius 1 is 0.929 bits per heavy atom. The molecule has 152 valence electrons. The maximum Gasteiger partial charge on any atom is 0.161 e. The molecule has 0 amide bonds. The van der Waals surface area contributed by atoms with E-state index >= 15 is 0 Å². The number of benzene rings is 2. The van der Waals surface area contributed by atoms with Crippen LogP contribution in [0.15, 0.2) is 42.5 Å². The van der Waals surface area contributed by atoms with Gasteiger partial charge in [0.1, 0.15) is 5.75 Å². The molecule has 0 bridgehead atoms. The molecule has 1 heterocycles. The van der Waals surface area contributed by atoms with Gasteiger partial charge in [0.15, 0.2) is 11.5 Å². The van der Waals surface area contributed by atoms with Crippen LogP contribution in [0.25, 0.3) is 0 Å². The lowest BCUT2D eigenvalue weighted by atomic mass is 10.0. The molecule has 3 rings (SSSR count). The molecule has 1 atom stereocenters. The number of nitrogens with one attached hydrogen (secondary N) is 1. The monoisotopic (exact) mass is 386 g/mol. The van der Waals surface area contributed by atoms with E-state index in [9.17, 15) is 0 Å². The van der Waals surface area contributed by atoms with E-state index in [0.717, 1.165) is 62.2 Å². The van der Waals surface area contributed by atoms with Crippen LogP contribution in [-0.4, -0.2) is 59.1 Å². The predicted octanol–water partition coefficient (Wildman–Crippen LogP) is 2.88. The fourth-order valence-corrected chi connectivity index (χ4v) is 3.52. The van der Waals surface area contributed by atoms with Gasteiger partial charge in [-0.05, 0) is 35.4 Å². The summed E-state index contributed by atoms with van der Waals surface area (Å²) in [5.41, 5.74) is 2.44. The molecule has 2 aromatic carbocycles. The average molecular weight is 386 g/mol. The Morgan fingerprint density at radius 2 is 1.64 bits per heavy atom. The van der Waals surface area contributed by atoms with E-state index in [2.05, 4.69) is 28.4 Å². The molecule has 6 heteroatoms. The second-order valence-corrected chi connectivity index (χ2v) is 6.76. The lowest BCUT2D eigenvalue weighted by Crippen LogP contribution is -2.42. The molecule has 28 heavy (non-hydrogen) atoms. The quantitative estimate of drug-likeness (QED) is 0.715. The number of morpholine rings is 1. The van der Waals surface area contributed by atoms with Gasteiger partial charge < -0.3 is 24.3 Å². The topological polar surface area (TPSA) is 52.2 Å². The lowest BCUT2D eigenvalue weighted by molar-refractivity contribution is 0.0161. The summed E-state index contributed by atoms with van der Waals surface area (Å²) >= 11 is 0. The van der Waals surface area contributed by atoms with Gasteiger partial charge in [-0.3, -0.25) is 4.90 Å². The molecule has 1 aliphatic rings. The van der Waals surface area contributed by atoms with Crippen molar-refractivity contribution in [1.29, 1.82) is 0 Å². The fraction of sp³-hybridized carbons (Fsp3) is 0.455. The van der Waals surface area contributed by atoms with Crippen LogP contribution in [0.4, 0.5) is 0 Å². The molecule has 6 nitrogen and oxygen atoms in total. The largest absolute Gasteiger partial charge is 0.497 e. The van der Waals surface area contributed by atoms with Crippen molar-refractivity contribution in [3.8, 4) is 17.2 Å². The molecule has 2 aromatic rings. The van der Waals surface area contributed by atoms with Crippen LogP contribution < -0.4 is 19.5 Å². The van der Waals surface area contributed by atoms with Crippen molar-refractivity contribution in [1.82, 2.24) is 10.2 Å². The van der Waals surface area contributed by atoms with E-state index in [4.69, 9.17) is 18.9 Å². The summed E-state index contributed by atoms with van der Waals surface area (Å²) in [6.07, 6.45) is 0. The first-order valence-corrected chi connectivity index (χ1v) is 9.62. The summed E-state index contributed by atoms with van der Waals surface area (Å²) in [5.74, 6) is 2.38. The van der Waals surface area contributed by atoms with Gasteiger partial charge in [-0.25, -0.2) is 0 Å². The Bertz CT molecular complexity index is 730. The molecule has 0 spiro atoms. The number of nitrogens with zero attached hydrogens (tertiary/aromatic N) is 1. The van der Waals surface area contributed by atoms with Gasteiger partial charge in [-0.1, -0.05) is 18.2 Å². The van der Waals surface area contributed by atoms with Crippen molar-refractivity contribution < 1.29 is 18.9 Å².